The van der Waals surface area contributed by atoms with Crippen LogP contribution in [0.25, 0.3) is 0 Å². The third kappa shape index (κ3) is 3.92. The monoisotopic (exact) mass is 272 g/mol. The zero-order chi connectivity index (χ0) is 12.9. The first-order chi connectivity index (χ1) is 7.36. The molecule has 0 fully saturated rings. The first kappa shape index (κ1) is 15.7. The predicted molar refractivity (Wildman–Crippen MR) is 53.3 cm³/mol. The van der Waals surface area contributed by atoms with E-state index in [9.17, 15) is 24.1 Å². The van der Waals surface area contributed by atoms with Crippen LogP contribution in [0.4, 0.5) is 0 Å². The van der Waals surface area contributed by atoms with E-state index in [-0.39, 0.29) is 0 Å². The molecule has 0 rings (SSSR count). The second kappa shape index (κ2) is 7.09. The van der Waals surface area contributed by atoms with Gasteiger partial charge >= 0.3 is 21.2 Å². The Balaban J connectivity index is 4.60. The summed E-state index contributed by atoms with van der Waals surface area (Å²) in [6.45, 7) is -0.842. The van der Waals surface area contributed by atoms with Crippen molar-refractivity contribution in [1.82, 2.24) is 0 Å². The molecule has 0 aliphatic carbocycles. The number of aliphatic hydroxyl groups excluding tert-OH is 4. The molecule has 0 aromatic carbocycles. The Morgan fingerprint density at radius 3 is 2.19 bits per heavy atom. The average molecular weight is 272 g/mol. The molecule has 92 valence electrons. The number of aliphatic hydroxyl groups is 4. The molecule has 1 unspecified atom stereocenters. The van der Waals surface area contributed by atoms with Gasteiger partial charge in [-0.1, -0.05) is 4.57 Å². The van der Waals surface area contributed by atoms with E-state index in [1.165, 1.54) is 0 Å². The summed E-state index contributed by atoms with van der Waals surface area (Å²) in [5.41, 5.74) is 3.96. The van der Waals surface area contributed by atoms with Crippen LogP contribution < -0.4 is 5.73 Å². The van der Waals surface area contributed by atoms with Crippen LogP contribution in [-0.4, -0.2) is 56.9 Å². The number of carbonyl (C=O) groups excluding carboxylic acids is 1. The van der Waals surface area contributed by atoms with E-state index in [4.69, 9.17) is 15.9 Å². The lowest BCUT2D eigenvalue weighted by molar-refractivity contribution is -0.121. The lowest BCUT2D eigenvalue weighted by Crippen LogP contribution is -2.51. The number of hydrogen-bond donors (Lipinski definition) is 5. The summed E-state index contributed by atoms with van der Waals surface area (Å²) in [5.74, 6) is 0. The van der Waals surface area contributed by atoms with Crippen molar-refractivity contribution in [3.05, 3.63) is 0 Å². The van der Waals surface area contributed by atoms with Crippen LogP contribution in [0.1, 0.15) is 0 Å². The summed E-state index contributed by atoms with van der Waals surface area (Å²) in [7, 11) is -3.70. The van der Waals surface area contributed by atoms with Crippen molar-refractivity contribution in [3.63, 3.8) is 0 Å². The van der Waals surface area contributed by atoms with E-state index in [2.05, 4.69) is 0 Å². The lowest BCUT2D eigenvalue weighted by Gasteiger charge is -2.22. The van der Waals surface area contributed by atoms with Crippen molar-refractivity contribution >= 4 is 21.2 Å². The van der Waals surface area contributed by atoms with E-state index < -0.39 is 52.1 Å². The van der Waals surface area contributed by atoms with Gasteiger partial charge in [-0.3, -0.25) is 0 Å². The molecule has 0 aliphatic heterocycles. The van der Waals surface area contributed by atoms with Gasteiger partial charge in [0.15, 0.2) is 0 Å². The second-order valence-electron chi connectivity index (χ2n) is 2.95. The first-order valence-corrected chi connectivity index (χ1v) is 6.89. The number of nitrogens with two attached hydrogens (primary N) is 1. The number of hydrogen-bond acceptors (Lipinski definition) is 8. The van der Waals surface area contributed by atoms with Gasteiger partial charge in [-0.15, -0.1) is 0 Å². The van der Waals surface area contributed by atoms with E-state index in [0.29, 0.717) is 0 Å². The molecule has 8 nitrogen and oxygen atoms in total. The summed E-state index contributed by atoms with van der Waals surface area (Å²) in [4.78, 5) is 11.1. The van der Waals surface area contributed by atoms with E-state index in [0.717, 1.165) is 0 Å². The molecule has 0 saturated heterocycles. The lowest BCUT2D eigenvalue weighted by atomic mass is 10.0. The Morgan fingerprint density at radius 1 is 1.31 bits per heavy atom. The normalized spacial score (nSPS) is 19.9. The highest BCUT2D eigenvalue weighted by molar-refractivity contribution is 8.17. The van der Waals surface area contributed by atoms with Crippen molar-refractivity contribution in [2.45, 2.75) is 24.4 Å². The molecule has 0 saturated carbocycles. The van der Waals surface area contributed by atoms with Gasteiger partial charge in [0.25, 0.3) is 0 Å². The Kier molecular flexibility index (Phi) is 6.94. The van der Waals surface area contributed by atoms with Crippen molar-refractivity contribution in [2.75, 3.05) is 6.61 Å². The van der Waals surface area contributed by atoms with E-state index in [1.54, 1.807) is 0 Å². The number of carbonyl (C=O) groups is 1. The van der Waals surface area contributed by atoms with Gasteiger partial charge in [-0.05, 0) is 0 Å². The highest BCUT2D eigenvalue weighted by atomic mass is 32.0. The Bertz CT molecular complexity index is 286. The van der Waals surface area contributed by atoms with Gasteiger partial charge < -0.3 is 26.2 Å². The van der Waals surface area contributed by atoms with Crippen LogP contribution in [0.2, 0.25) is 0 Å². The average Bonchev–Trinajstić information content (AvgIpc) is 2.32. The third-order valence-corrected chi connectivity index (χ3v) is 3.71. The maximum atomic E-state index is 11.1. The van der Waals surface area contributed by atoms with Crippen molar-refractivity contribution in [1.29, 1.82) is 0 Å². The highest BCUT2D eigenvalue weighted by Gasteiger charge is 2.43. The van der Waals surface area contributed by atoms with E-state index >= 15 is 0 Å². The van der Waals surface area contributed by atoms with Crippen molar-refractivity contribution in [3.8, 4) is 0 Å². The summed E-state index contributed by atoms with van der Waals surface area (Å²) in [5, 5.41) is 35.9. The van der Waals surface area contributed by atoms with Crippen molar-refractivity contribution < 1.29 is 34.4 Å². The molecule has 0 spiro atoms. The molecule has 6 N–H and O–H groups in total. The SMILES string of the molecule is N[C@@H](C(=O)[P+](=O)P=O)[C@@H](O)[C@H](O)[C@H](O)CO. The Labute approximate surface area is 93.0 Å². The molecule has 5 atom stereocenters. The van der Waals surface area contributed by atoms with Gasteiger partial charge in [-0.25, -0.2) is 9.36 Å². The topological polar surface area (TPSA) is 158 Å². The second-order valence-corrected chi connectivity index (χ2v) is 5.68. The van der Waals surface area contributed by atoms with Gasteiger partial charge in [0.2, 0.25) is 0 Å². The molecule has 16 heavy (non-hydrogen) atoms. The van der Waals surface area contributed by atoms with Gasteiger partial charge in [0.05, 0.1) is 6.61 Å². The first-order valence-electron chi connectivity index (χ1n) is 4.11. The minimum atomic E-state index is -2.77. The maximum Gasteiger partial charge on any atom is 0.514 e. The van der Waals surface area contributed by atoms with E-state index in [1.807, 2.05) is 0 Å². The quantitative estimate of drug-likeness (QED) is 0.331. The number of rotatable bonds is 7. The van der Waals surface area contributed by atoms with Crippen LogP contribution in [0, 0.1) is 0 Å². The molecule has 0 bridgehead atoms. The van der Waals surface area contributed by atoms with Crippen LogP contribution >= 0.6 is 15.6 Å². The summed E-state index contributed by atoms with van der Waals surface area (Å²) in [6.07, 6.45) is -5.46. The smallest absolute Gasteiger partial charge is 0.394 e. The van der Waals surface area contributed by atoms with Crippen LogP contribution in [0.3, 0.4) is 0 Å². The fourth-order valence-electron chi connectivity index (χ4n) is 0.862. The van der Waals surface area contributed by atoms with Crippen LogP contribution in [0.15, 0.2) is 0 Å². The minimum Gasteiger partial charge on any atom is -0.394 e. The molecule has 0 aromatic heterocycles. The fraction of sp³-hybridized carbons (Fsp3) is 0.833. The molecule has 0 heterocycles. The van der Waals surface area contributed by atoms with Gasteiger partial charge in [-0.2, -0.15) is 0 Å². The molecule has 10 heteroatoms. The fourth-order valence-corrected chi connectivity index (χ4v) is 1.99. The third-order valence-electron chi connectivity index (χ3n) is 1.85. The standard InChI is InChI=1S/C6H12NO7P2/c7-3(6(12)16(14)15-13)5(11)4(10)2(9)1-8/h2-5,8-11H,1,7H2/q+1/t2-,3-,4-,5-/m1/s1. The molecule has 0 aromatic rings. The maximum absolute atomic E-state index is 11.1. The summed E-state index contributed by atoms with van der Waals surface area (Å²) < 4.78 is 20.9. The molecule has 0 amide bonds. The summed E-state index contributed by atoms with van der Waals surface area (Å²) >= 11 is 0. The molecular formula is C6H12NO7P2+. The highest BCUT2D eigenvalue weighted by Crippen LogP contribution is 2.37. The van der Waals surface area contributed by atoms with Crippen LogP contribution in [-0.2, 0) is 13.9 Å². The molecular weight excluding hydrogens is 260 g/mol. The summed E-state index contributed by atoms with van der Waals surface area (Å²) in [6, 6.07) is -1.75. The Hall–Kier alpha value is -0.330. The molecule has 0 aliphatic rings. The van der Waals surface area contributed by atoms with Crippen molar-refractivity contribution in [2.24, 2.45) is 5.73 Å². The predicted octanol–water partition coefficient (Wildman–Crippen LogP) is -2.05. The zero-order valence-corrected chi connectivity index (χ0v) is 9.79. The largest absolute Gasteiger partial charge is 0.514 e. The van der Waals surface area contributed by atoms with Crippen LogP contribution in [0.5, 0.6) is 0 Å². The Morgan fingerprint density at radius 2 is 1.81 bits per heavy atom. The zero-order valence-electron chi connectivity index (χ0n) is 8.00. The van der Waals surface area contributed by atoms with Gasteiger partial charge in [0.1, 0.15) is 24.4 Å². The van der Waals surface area contributed by atoms with Gasteiger partial charge in [0, 0.05) is 0 Å². The minimum absolute atomic E-state index is 0.842. The molecule has 0 radical (unpaired) electrons.